The van der Waals surface area contributed by atoms with Crippen LogP contribution in [0.25, 0.3) is 0 Å². The number of methoxy groups -OCH3 is 2. The number of aliphatic carboxylic acids is 1. The molecule has 1 atom stereocenters. The molecule has 0 heterocycles. The summed E-state index contributed by atoms with van der Waals surface area (Å²) in [6, 6.07) is 4.67. The van der Waals surface area contributed by atoms with Gasteiger partial charge in [-0.15, -0.1) is 0 Å². The normalized spacial score (nSPS) is 11.6. The Morgan fingerprint density at radius 3 is 2.50 bits per heavy atom. The number of carbonyl (C=O) groups is 2. The van der Waals surface area contributed by atoms with Crippen LogP contribution in [0.3, 0.4) is 0 Å². The SMILES string of the molecule is COc1ccc(OC)c(C(C=O)C(=O)O)c1. The van der Waals surface area contributed by atoms with Crippen LogP contribution in [0.2, 0.25) is 0 Å². The van der Waals surface area contributed by atoms with Crippen LogP contribution in [-0.4, -0.2) is 31.6 Å². The van der Waals surface area contributed by atoms with E-state index in [-0.39, 0.29) is 5.56 Å². The number of hydrogen-bond acceptors (Lipinski definition) is 4. The van der Waals surface area contributed by atoms with Gasteiger partial charge in [0.05, 0.1) is 14.2 Å². The number of rotatable bonds is 5. The first-order chi connectivity index (χ1) is 7.63. The molecule has 1 aromatic carbocycles. The third-order valence-corrected chi connectivity index (χ3v) is 2.17. The molecule has 0 bridgehead atoms. The molecule has 0 aliphatic carbocycles. The van der Waals surface area contributed by atoms with Crippen molar-refractivity contribution in [3.8, 4) is 11.5 Å². The molecule has 5 heteroatoms. The highest BCUT2D eigenvalue weighted by Crippen LogP contribution is 2.29. The number of ether oxygens (including phenoxy) is 2. The van der Waals surface area contributed by atoms with Crippen LogP contribution in [0, 0.1) is 0 Å². The summed E-state index contributed by atoms with van der Waals surface area (Å²) in [5.74, 6) is -1.64. The lowest BCUT2D eigenvalue weighted by atomic mass is 9.99. The second-order valence-corrected chi connectivity index (χ2v) is 3.06. The van der Waals surface area contributed by atoms with E-state index in [9.17, 15) is 9.59 Å². The van der Waals surface area contributed by atoms with Crippen molar-refractivity contribution in [1.82, 2.24) is 0 Å². The first-order valence-electron chi connectivity index (χ1n) is 4.54. The maximum atomic E-state index is 10.9. The lowest BCUT2D eigenvalue weighted by molar-refractivity contribution is -0.140. The Balaban J connectivity index is 3.26. The Hall–Kier alpha value is -2.04. The third kappa shape index (κ3) is 2.31. The van der Waals surface area contributed by atoms with Crippen molar-refractivity contribution in [3.63, 3.8) is 0 Å². The zero-order valence-electron chi connectivity index (χ0n) is 8.97. The minimum Gasteiger partial charge on any atom is -0.497 e. The van der Waals surface area contributed by atoms with Crippen molar-refractivity contribution < 1.29 is 24.2 Å². The summed E-state index contributed by atoms with van der Waals surface area (Å²) >= 11 is 0. The molecule has 0 aromatic heterocycles. The Labute approximate surface area is 92.6 Å². The summed E-state index contributed by atoms with van der Waals surface area (Å²) in [4.78, 5) is 21.6. The number of carboxylic acids is 1. The molecule has 0 radical (unpaired) electrons. The van der Waals surface area contributed by atoms with Gasteiger partial charge in [-0.05, 0) is 18.2 Å². The maximum absolute atomic E-state index is 10.9. The topological polar surface area (TPSA) is 72.8 Å². The van der Waals surface area contributed by atoms with E-state index in [0.29, 0.717) is 17.8 Å². The second-order valence-electron chi connectivity index (χ2n) is 3.06. The zero-order valence-corrected chi connectivity index (χ0v) is 8.97. The molecule has 16 heavy (non-hydrogen) atoms. The smallest absolute Gasteiger partial charge is 0.318 e. The van der Waals surface area contributed by atoms with Gasteiger partial charge in [-0.2, -0.15) is 0 Å². The van der Waals surface area contributed by atoms with Gasteiger partial charge >= 0.3 is 5.97 Å². The molecular weight excluding hydrogens is 212 g/mol. The van der Waals surface area contributed by atoms with Gasteiger partial charge in [0.15, 0.2) is 0 Å². The average molecular weight is 224 g/mol. The lowest BCUT2D eigenvalue weighted by Gasteiger charge is -2.12. The molecule has 0 fully saturated rings. The summed E-state index contributed by atoms with van der Waals surface area (Å²) in [7, 11) is 2.87. The van der Waals surface area contributed by atoms with Gasteiger partial charge in [0, 0.05) is 5.56 Å². The van der Waals surface area contributed by atoms with Gasteiger partial charge in [-0.25, -0.2) is 0 Å². The first kappa shape index (κ1) is 12.0. The number of aldehydes is 1. The van der Waals surface area contributed by atoms with Crippen LogP contribution in [0.1, 0.15) is 11.5 Å². The predicted molar refractivity (Wildman–Crippen MR) is 56.0 cm³/mol. The number of hydrogen-bond donors (Lipinski definition) is 1. The molecule has 0 saturated heterocycles. The standard InChI is InChI=1S/C11H12O5/c1-15-7-3-4-10(16-2)8(5-7)9(6-12)11(13)14/h3-6,9H,1-2H3,(H,13,14). The van der Waals surface area contributed by atoms with Crippen molar-refractivity contribution in [2.45, 2.75) is 5.92 Å². The molecule has 0 aliphatic heterocycles. The van der Waals surface area contributed by atoms with Crippen LogP contribution < -0.4 is 9.47 Å². The minimum atomic E-state index is -1.25. The maximum Gasteiger partial charge on any atom is 0.318 e. The highest BCUT2D eigenvalue weighted by molar-refractivity contribution is 5.93. The molecule has 1 rings (SSSR count). The Morgan fingerprint density at radius 2 is 2.06 bits per heavy atom. The van der Waals surface area contributed by atoms with Gasteiger partial charge in [0.2, 0.25) is 0 Å². The molecule has 1 unspecified atom stereocenters. The van der Waals surface area contributed by atoms with Gasteiger partial charge in [0.1, 0.15) is 23.7 Å². The zero-order chi connectivity index (χ0) is 12.1. The van der Waals surface area contributed by atoms with Gasteiger partial charge < -0.3 is 19.4 Å². The number of carboxylic acid groups (broad SMARTS) is 1. The van der Waals surface area contributed by atoms with E-state index in [4.69, 9.17) is 14.6 Å². The molecule has 1 aromatic rings. The monoisotopic (exact) mass is 224 g/mol. The van der Waals surface area contributed by atoms with Gasteiger partial charge in [-0.3, -0.25) is 4.79 Å². The van der Waals surface area contributed by atoms with Crippen molar-refractivity contribution in [2.24, 2.45) is 0 Å². The molecule has 5 nitrogen and oxygen atoms in total. The lowest BCUT2D eigenvalue weighted by Crippen LogP contribution is -2.14. The summed E-state index contributed by atoms with van der Waals surface area (Å²) < 4.78 is 9.96. The third-order valence-electron chi connectivity index (χ3n) is 2.17. The Morgan fingerprint density at radius 1 is 1.38 bits per heavy atom. The predicted octanol–water partition coefficient (Wildman–Crippen LogP) is 1.07. The fourth-order valence-electron chi connectivity index (χ4n) is 1.35. The quantitative estimate of drug-likeness (QED) is 0.598. The van der Waals surface area contributed by atoms with Gasteiger partial charge in [-0.1, -0.05) is 0 Å². The van der Waals surface area contributed by atoms with Crippen LogP contribution in [0.5, 0.6) is 11.5 Å². The second kappa shape index (κ2) is 5.16. The molecule has 1 N–H and O–H groups in total. The Bertz CT molecular complexity index is 399. The highest BCUT2D eigenvalue weighted by Gasteiger charge is 2.23. The van der Waals surface area contributed by atoms with E-state index in [1.807, 2.05) is 0 Å². The molecular formula is C11H12O5. The van der Waals surface area contributed by atoms with E-state index < -0.39 is 11.9 Å². The van der Waals surface area contributed by atoms with Crippen LogP contribution in [0.4, 0.5) is 0 Å². The van der Waals surface area contributed by atoms with E-state index in [1.165, 1.54) is 20.3 Å². The fourth-order valence-corrected chi connectivity index (χ4v) is 1.35. The van der Waals surface area contributed by atoms with E-state index >= 15 is 0 Å². The summed E-state index contributed by atoms with van der Waals surface area (Å²) in [5, 5.41) is 8.88. The van der Waals surface area contributed by atoms with Crippen molar-refractivity contribution >= 4 is 12.3 Å². The first-order valence-corrected chi connectivity index (χ1v) is 4.54. The largest absolute Gasteiger partial charge is 0.497 e. The molecule has 0 saturated carbocycles. The molecule has 0 aliphatic rings. The van der Waals surface area contributed by atoms with Crippen molar-refractivity contribution in [1.29, 1.82) is 0 Å². The fraction of sp³-hybridized carbons (Fsp3) is 0.273. The molecule has 86 valence electrons. The molecule has 0 amide bonds. The molecule has 0 spiro atoms. The van der Waals surface area contributed by atoms with E-state index in [0.717, 1.165) is 0 Å². The Kier molecular flexibility index (Phi) is 3.88. The van der Waals surface area contributed by atoms with Crippen molar-refractivity contribution in [3.05, 3.63) is 23.8 Å². The van der Waals surface area contributed by atoms with Crippen LogP contribution in [-0.2, 0) is 9.59 Å². The summed E-state index contributed by atoms with van der Waals surface area (Å²) in [6.45, 7) is 0. The highest BCUT2D eigenvalue weighted by atomic mass is 16.5. The van der Waals surface area contributed by atoms with Gasteiger partial charge in [0.25, 0.3) is 0 Å². The van der Waals surface area contributed by atoms with E-state index in [2.05, 4.69) is 0 Å². The number of carbonyl (C=O) groups excluding carboxylic acids is 1. The van der Waals surface area contributed by atoms with E-state index in [1.54, 1.807) is 12.1 Å². The summed E-state index contributed by atoms with van der Waals surface area (Å²) in [6.07, 6.45) is 0.361. The average Bonchev–Trinajstić information content (AvgIpc) is 2.29. The van der Waals surface area contributed by atoms with Crippen molar-refractivity contribution in [2.75, 3.05) is 14.2 Å². The van der Waals surface area contributed by atoms with Crippen LogP contribution >= 0.6 is 0 Å². The summed E-state index contributed by atoms with van der Waals surface area (Å²) in [5.41, 5.74) is 0.282. The number of benzene rings is 1. The minimum absolute atomic E-state index is 0.282. The van der Waals surface area contributed by atoms with Crippen LogP contribution in [0.15, 0.2) is 18.2 Å².